The van der Waals surface area contributed by atoms with Gasteiger partial charge < -0.3 is 0 Å². The Morgan fingerprint density at radius 1 is 0.686 bits per heavy atom. The third-order valence-corrected chi connectivity index (χ3v) is 8.05. The van der Waals surface area contributed by atoms with E-state index in [9.17, 15) is 0 Å². The van der Waals surface area contributed by atoms with Crippen LogP contribution in [-0.4, -0.2) is 9.66 Å². The third-order valence-electron chi connectivity index (χ3n) is 6.94. The van der Waals surface area contributed by atoms with E-state index in [0.717, 1.165) is 28.1 Å². The highest BCUT2D eigenvalue weighted by molar-refractivity contribution is 7.26. The number of hydrogen-bond acceptors (Lipinski definition) is 3. The van der Waals surface area contributed by atoms with Gasteiger partial charge in [0.05, 0.1) is 16.7 Å². The minimum absolute atomic E-state index is 0.930. The highest BCUT2D eigenvalue weighted by atomic mass is 32.1. The maximum Gasteiger partial charge on any atom is 0.160 e. The summed E-state index contributed by atoms with van der Waals surface area (Å²) in [6.07, 6.45) is 4.48. The number of nitrogens with zero attached hydrogens (tertiary/aromatic N) is 3. The number of benzene rings is 5. The monoisotopic (exact) mass is 465 g/mol. The fraction of sp³-hybridized carbons (Fsp3) is 0. The standard InChI is InChI=1S/C31H19N3S/c1-2-9-20(10-3-1)31-32-24-13-5-6-14-25(24)34(31)33-18-17-23-29-21(11-8-15-26(29)33)19-28-30(23)22-12-4-7-16-27(22)35-28/h1-19H. The average molecular weight is 466 g/mol. The van der Waals surface area contributed by atoms with Gasteiger partial charge in [-0.15, -0.1) is 11.3 Å². The van der Waals surface area contributed by atoms with Crippen molar-refractivity contribution in [3.8, 4) is 11.4 Å². The second kappa shape index (κ2) is 7.05. The van der Waals surface area contributed by atoms with Gasteiger partial charge in [0.15, 0.2) is 5.82 Å². The van der Waals surface area contributed by atoms with E-state index in [0.29, 0.717) is 0 Å². The van der Waals surface area contributed by atoms with Crippen LogP contribution in [0.25, 0.3) is 59.4 Å². The Morgan fingerprint density at radius 3 is 2.46 bits per heavy atom. The van der Waals surface area contributed by atoms with E-state index in [1.165, 1.54) is 36.5 Å². The van der Waals surface area contributed by atoms with Crippen LogP contribution in [0.3, 0.4) is 0 Å². The number of fused-ring (bicyclic) bond motifs is 5. The third kappa shape index (κ3) is 2.63. The zero-order valence-corrected chi connectivity index (χ0v) is 19.5. The first kappa shape index (κ1) is 19.0. The van der Waals surface area contributed by atoms with Gasteiger partial charge in [0.25, 0.3) is 0 Å². The van der Waals surface area contributed by atoms with Crippen molar-refractivity contribution >= 4 is 65.1 Å². The maximum atomic E-state index is 5.05. The minimum Gasteiger partial charge on any atom is -0.254 e. The lowest BCUT2D eigenvalue weighted by atomic mass is 9.95. The van der Waals surface area contributed by atoms with E-state index < -0.39 is 0 Å². The highest BCUT2D eigenvalue weighted by Gasteiger charge is 2.24. The summed E-state index contributed by atoms with van der Waals surface area (Å²) >= 11 is 1.87. The summed E-state index contributed by atoms with van der Waals surface area (Å²) in [5.74, 6) is 0.930. The molecule has 0 fully saturated rings. The van der Waals surface area contributed by atoms with Crippen LogP contribution in [-0.2, 0) is 0 Å². The Labute approximate surface area is 205 Å². The van der Waals surface area contributed by atoms with E-state index >= 15 is 0 Å². The van der Waals surface area contributed by atoms with Gasteiger partial charge >= 0.3 is 0 Å². The molecule has 3 nitrogen and oxygen atoms in total. The smallest absolute Gasteiger partial charge is 0.160 e. The molecule has 0 atom stereocenters. The molecule has 1 aliphatic rings. The zero-order chi connectivity index (χ0) is 22.9. The molecule has 4 heteroatoms. The number of para-hydroxylation sites is 2. The van der Waals surface area contributed by atoms with Crippen molar-refractivity contribution in [1.82, 2.24) is 9.66 Å². The van der Waals surface area contributed by atoms with Crippen LogP contribution in [0.4, 0.5) is 5.69 Å². The van der Waals surface area contributed by atoms with E-state index in [-0.39, 0.29) is 0 Å². The first-order valence-corrected chi connectivity index (χ1v) is 12.6. The van der Waals surface area contributed by atoms with Gasteiger partial charge in [0.1, 0.15) is 0 Å². The number of thiophene rings is 1. The summed E-state index contributed by atoms with van der Waals surface area (Å²) in [6, 6.07) is 36.5. The number of aromatic nitrogens is 2. The average Bonchev–Trinajstić information content (AvgIpc) is 3.48. The first-order valence-electron chi connectivity index (χ1n) is 11.7. The van der Waals surface area contributed by atoms with Gasteiger partial charge in [-0.05, 0) is 47.4 Å². The first-order chi connectivity index (χ1) is 17.4. The van der Waals surface area contributed by atoms with Crippen molar-refractivity contribution in [2.45, 2.75) is 0 Å². The van der Waals surface area contributed by atoms with Gasteiger partial charge in [-0.3, -0.25) is 5.01 Å². The van der Waals surface area contributed by atoms with E-state index in [2.05, 4.69) is 119 Å². The highest BCUT2D eigenvalue weighted by Crippen LogP contribution is 2.45. The molecule has 8 rings (SSSR count). The molecule has 0 saturated carbocycles. The summed E-state index contributed by atoms with van der Waals surface area (Å²) in [5.41, 5.74) is 5.62. The molecule has 0 amide bonds. The summed E-state index contributed by atoms with van der Waals surface area (Å²) in [5, 5.41) is 7.47. The van der Waals surface area contributed by atoms with Crippen LogP contribution in [0, 0.1) is 0 Å². The lowest BCUT2D eigenvalue weighted by molar-refractivity contribution is 0.848. The molecule has 7 aromatic rings. The molecule has 0 N–H and O–H groups in total. The van der Waals surface area contributed by atoms with Crippen LogP contribution < -0.4 is 5.01 Å². The van der Waals surface area contributed by atoms with Gasteiger partial charge in [0, 0.05) is 37.3 Å². The Morgan fingerprint density at radius 2 is 1.51 bits per heavy atom. The lowest BCUT2D eigenvalue weighted by Crippen LogP contribution is -2.26. The molecule has 0 unspecified atom stereocenters. The predicted octanol–water partition coefficient (Wildman–Crippen LogP) is 8.48. The van der Waals surface area contributed by atoms with E-state index in [1.54, 1.807) is 0 Å². The second-order valence-corrected chi connectivity index (χ2v) is 9.98. The summed E-state index contributed by atoms with van der Waals surface area (Å²) in [6.45, 7) is 0. The Hall–Kier alpha value is -4.41. The molecular weight excluding hydrogens is 446 g/mol. The SMILES string of the molecule is C1=CN(n2c(-c3ccccc3)nc3ccccc32)c2cccc3cc4sc5ccccc5c4c1c23. The number of hydrogen-bond donors (Lipinski definition) is 0. The molecule has 0 aliphatic carbocycles. The molecule has 5 aromatic carbocycles. The van der Waals surface area contributed by atoms with Crippen molar-refractivity contribution in [3.05, 3.63) is 115 Å². The molecule has 2 aromatic heterocycles. The summed E-state index contributed by atoms with van der Waals surface area (Å²) in [4.78, 5) is 5.05. The molecular formula is C31H19N3S. The molecule has 0 bridgehead atoms. The Bertz CT molecular complexity index is 1960. The van der Waals surface area contributed by atoms with E-state index in [1.807, 2.05) is 17.4 Å². The van der Waals surface area contributed by atoms with Gasteiger partial charge in [0.2, 0.25) is 0 Å². The normalized spacial score (nSPS) is 13.0. The lowest BCUT2D eigenvalue weighted by Gasteiger charge is -2.29. The fourth-order valence-corrected chi connectivity index (χ4v) is 6.62. The number of anilines is 1. The fourth-order valence-electron chi connectivity index (χ4n) is 5.44. The number of imidazole rings is 1. The molecule has 0 radical (unpaired) electrons. The van der Waals surface area contributed by atoms with Crippen molar-refractivity contribution in [3.63, 3.8) is 0 Å². The topological polar surface area (TPSA) is 21.1 Å². The summed E-state index contributed by atoms with van der Waals surface area (Å²) < 4.78 is 4.91. The van der Waals surface area contributed by atoms with Crippen LogP contribution in [0.2, 0.25) is 0 Å². The minimum atomic E-state index is 0.930. The molecule has 1 aliphatic heterocycles. The molecule has 3 heterocycles. The largest absolute Gasteiger partial charge is 0.254 e. The Kier molecular flexibility index (Phi) is 3.82. The van der Waals surface area contributed by atoms with Crippen molar-refractivity contribution in [2.24, 2.45) is 0 Å². The van der Waals surface area contributed by atoms with Crippen LogP contribution in [0.1, 0.15) is 5.56 Å². The quantitative estimate of drug-likeness (QED) is 0.255. The predicted molar refractivity (Wildman–Crippen MR) is 149 cm³/mol. The van der Waals surface area contributed by atoms with E-state index in [4.69, 9.17) is 4.98 Å². The second-order valence-electron chi connectivity index (χ2n) is 8.90. The molecule has 164 valence electrons. The molecule has 35 heavy (non-hydrogen) atoms. The van der Waals surface area contributed by atoms with Crippen LogP contribution in [0.15, 0.2) is 109 Å². The summed E-state index contributed by atoms with van der Waals surface area (Å²) in [7, 11) is 0. The van der Waals surface area contributed by atoms with Gasteiger partial charge in [-0.2, -0.15) is 0 Å². The maximum absolute atomic E-state index is 5.05. The zero-order valence-electron chi connectivity index (χ0n) is 18.7. The molecule has 0 spiro atoms. The van der Waals surface area contributed by atoms with Crippen LogP contribution in [0.5, 0.6) is 0 Å². The van der Waals surface area contributed by atoms with Crippen LogP contribution >= 0.6 is 11.3 Å². The molecule has 0 saturated heterocycles. The van der Waals surface area contributed by atoms with Gasteiger partial charge in [-0.25, -0.2) is 9.66 Å². The van der Waals surface area contributed by atoms with Gasteiger partial charge in [-0.1, -0.05) is 72.8 Å². The van der Waals surface area contributed by atoms with Crippen molar-refractivity contribution in [1.29, 1.82) is 0 Å². The van der Waals surface area contributed by atoms with Crippen molar-refractivity contribution in [2.75, 3.05) is 5.01 Å². The number of rotatable bonds is 2. The van der Waals surface area contributed by atoms with Crippen molar-refractivity contribution < 1.29 is 0 Å². The Balaban J connectivity index is 1.46.